The number of carbonyl (C=O) groups is 1. The van der Waals surface area contributed by atoms with E-state index in [1.807, 2.05) is 0 Å². The van der Waals surface area contributed by atoms with Crippen LogP contribution in [0.25, 0.3) is 0 Å². The van der Waals surface area contributed by atoms with Gasteiger partial charge in [-0.2, -0.15) is 0 Å². The lowest BCUT2D eigenvalue weighted by atomic mass is 10.2. The van der Waals surface area contributed by atoms with Gasteiger partial charge in [0.1, 0.15) is 13.2 Å². The summed E-state index contributed by atoms with van der Waals surface area (Å²) in [6.07, 6.45) is 0. The molecule has 0 aliphatic carbocycles. The largest absolute Gasteiger partial charge is 0.545 e. The number of fused-ring (bicyclic) bond motifs is 1. The van der Waals surface area contributed by atoms with Crippen molar-refractivity contribution in [2.24, 2.45) is 0 Å². The number of hydrogen-bond donors (Lipinski definition) is 0. The van der Waals surface area contributed by atoms with E-state index >= 15 is 0 Å². The van der Waals surface area contributed by atoms with E-state index in [1.54, 1.807) is 6.07 Å². The summed E-state index contributed by atoms with van der Waals surface area (Å²) in [7, 11) is 0. The number of carboxylic acids is 1. The van der Waals surface area contributed by atoms with Gasteiger partial charge in [0.2, 0.25) is 0 Å². The highest BCUT2D eigenvalue weighted by Gasteiger charge is 2.11. The van der Waals surface area contributed by atoms with Crippen LogP contribution in [0.5, 0.6) is 11.5 Å². The summed E-state index contributed by atoms with van der Waals surface area (Å²) >= 11 is 0. The maximum atomic E-state index is 10.5. The minimum absolute atomic E-state index is 0.101. The molecule has 0 unspecified atom stereocenters. The first kappa shape index (κ1) is 7.91. The molecular formula is C9H7O4-. The van der Waals surface area contributed by atoms with Crippen LogP contribution < -0.4 is 14.6 Å². The highest BCUT2D eigenvalue weighted by Crippen LogP contribution is 2.30. The molecule has 13 heavy (non-hydrogen) atoms. The highest BCUT2D eigenvalue weighted by atomic mass is 16.6. The van der Waals surface area contributed by atoms with E-state index in [0.717, 1.165) is 0 Å². The maximum absolute atomic E-state index is 10.5. The summed E-state index contributed by atoms with van der Waals surface area (Å²) in [4.78, 5) is 10.5. The van der Waals surface area contributed by atoms with Crippen molar-refractivity contribution in [1.29, 1.82) is 0 Å². The number of hydrogen-bond acceptors (Lipinski definition) is 4. The molecule has 1 aliphatic heterocycles. The lowest BCUT2D eigenvalue weighted by molar-refractivity contribution is -0.255. The third-order valence-electron chi connectivity index (χ3n) is 1.78. The van der Waals surface area contributed by atoms with E-state index in [1.165, 1.54) is 12.1 Å². The van der Waals surface area contributed by atoms with Crippen molar-refractivity contribution >= 4 is 5.97 Å². The van der Waals surface area contributed by atoms with Crippen LogP contribution in [0.1, 0.15) is 10.4 Å². The van der Waals surface area contributed by atoms with E-state index in [0.29, 0.717) is 24.7 Å². The molecule has 0 amide bonds. The monoisotopic (exact) mass is 179 g/mol. The van der Waals surface area contributed by atoms with Crippen LogP contribution in [0, 0.1) is 0 Å². The molecule has 68 valence electrons. The van der Waals surface area contributed by atoms with Gasteiger partial charge in [-0.1, -0.05) is 0 Å². The maximum Gasteiger partial charge on any atom is 0.162 e. The number of aromatic carboxylic acids is 1. The smallest absolute Gasteiger partial charge is 0.162 e. The number of rotatable bonds is 1. The molecule has 4 heteroatoms. The zero-order chi connectivity index (χ0) is 9.26. The van der Waals surface area contributed by atoms with Crippen molar-refractivity contribution in [1.82, 2.24) is 0 Å². The zero-order valence-corrected chi connectivity index (χ0v) is 6.78. The molecular weight excluding hydrogens is 172 g/mol. The highest BCUT2D eigenvalue weighted by molar-refractivity contribution is 5.86. The van der Waals surface area contributed by atoms with Gasteiger partial charge < -0.3 is 19.4 Å². The van der Waals surface area contributed by atoms with Gasteiger partial charge in [-0.15, -0.1) is 0 Å². The molecule has 0 saturated carbocycles. The summed E-state index contributed by atoms with van der Waals surface area (Å²) in [5, 5.41) is 10.5. The van der Waals surface area contributed by atoms with Crippen LogP contribution in [0.2, 0.25) is 0 Å². The van der Waals surface area contributed by atoms with Gasteiger partial charge in [0.05, 0.1) is 5.97 Å². The van der Waals surface area contributed by atoms with Crippen molar-refractivity contribution < 1.29 is 19.4 Å². The molecule has 0 aromatic heterocycles. The summed E-state index contributed by atoms with van der Waals surface area (Å²) < 4.78 is 10.4. The van der Waals surface area contributed by atoms with E-state index < -0.39 is 5.97 Å². The fourth-order valence-corrected chi connectivity index (χ4v) is 1.17. The molecule has 4 nitrogen and oxygen atoms in total. The molecule has 1 aromatic rings. The van der Waals surface area contributed by atoms with Crippen molar-refractivity contribution in [3.8, 4) is 11.5 Å². The molecule has 2 rings (SSSR count). The Hall–Kier alpha value is -1.71. The topological polar surface area (TPSA) is 58.6 Å². The van der Waals surface area contributed by atoms with Crippen LogP contribution in [0.4, 0.5) is 0 Å². The SMILES string of the molecule is O=C([O-])c1ccc2c(c1)OCCO2. The van der Waals surface area contributed by atoms with Gasteiger partial charge >= 0.3 is 0 Å². The fraction of sp³-hybridized carbons (Fsp3) is 0.222. The van der Waals surface area contributed by atoms with E-state index in [-0.39, 0.29) is 5.56 Å². The van der Waals surface area contributed by atoms with Crippen LogP contribution in [0.3, 0.4) is 0 Å². The molecule has 0 fully saturated rings. The number of carboxylic acid groups (broad SMARTS) is 1. The van der Waals surface area contributed by atoms with Crippen molar-refractivity contribution in [3.05, 3.63) is 23.8 Å². The van der Waals surface area contributed by atoms with Crippen molar-refractivity contribution in [2.45, 2.75) is 0 Å². The molecule has 0 radical (unpaired) electrons. The average molecular weight is 179 g/mol. The number of carbonyl (C=O) groups excluding carboxylic acids is 1. The molecule has 1 heterocycles. The average Bonchev–Trinajstić information content (AvgIpc) is 2.17. The first-order valence-corrected chi connectivity index (χ1v) is 3.88. The second-order valence-electron chi connectivity index (χ2n) is 2.65. The van der Waals surface area contributed by atoms with Gasteiger partial charge in [0.15, 0.2) is 11.5 Å². The first-order valence-electron chi connectivity index (χ1n) is 3.88. The Morgan fingerprint density at radius 1 is 1.23 bits per heavy atom. The third kappa shape index (κ3) is 1.42. The van der Waals surface area contributed by atoms with E-state index in [2.05, 4.69) is 0 Å². The summed E-state index contributed by atoms with van der Waals surface area (Å²) in [6, 6.07) is 4.41. The zero-order valence-electron chi connectivity index (χ0n) is 6.78. The fourth-order valence-electron chi connectivity index (χ4n) is 1.17. The minimum Gasteiger partial charge on any atom is -0.545 e. The van der Waals surface area contributed by atoms with Crippen LogP contribution in [-0.2, 0) is 0 Å². The Balaban J connectivity index is 2.40. The van der Waals surface area contributed by atoms with Crippen LogP contribution >= 0.6 is 0 Å². The second-order valence-corrected chi connectivity index (χ2v) is 2.65. The van der Waals surface area contributed by atoms with Gasteiger partial charge in [-0.05, 0) is 18.2 Å². The van der Waals surface area contributed by atoms with Crippen LogP contribution in [-0.4, -0.2) is 19.2 Å². The molecule has 0 N–H and O–H groups in total. The normalized spacial score (nSPS) is 13.8. The lowest BCUT2D eigenvalue weighted by Crippen LogP contribution is -2.23. The molecule has 0 spiro atoms. The lowest BCUT2D eigenvalue weighted by Gasteiger charge is -2.18. The minimum atomic E-state index is -1.21. The Morgan fingerprint density at radius 3 is 2.62 bits per heavy atom. The second kappa shape index (κ2) is 2.97. The number of ether oxygens (including phenoxy) is 2. The van der Waals surface area contributed by atoms with E-state index in [9.17, 15) is 9.90 Å². The quantitative estimate of drug-likeness (QED) is 0.600. The molecule has 0 saturated heterocycles. The van der Waals surface area contributed by atoms with Gasteiger partial charge in [0.25, 0.3) is 0 Å². The van der Waals surface area contributed by atoms with E-state index in [4.69, 9.17) is 9.47 Å². The van der Waals surface area contributed by atoms with Crippen molar-refractivity contribution in [2.75, 3.05) is 13.2 Å². The molecule has 1 aliphatic rings. The Bertz CT molecular complexity index is 345. The van der Waals surface area contributed by atoms with Gasteiger partial charge in [-0.3, -0.25) is 0 Å². The van der Waals surface area contributed by atoms with Gasteiger partial charge in [-0.25, -0.2) is 0 Å². The number of benzene rings is 1. The molecule has 0 atom stereocenters. The summed E-state index contributed by atoms with van der Waals surface area (Å²) in [5.74, 6) is -0.166. The van der Waals surface area contributed by atoms with Gasteiger partial charge in [0, 0.05) is 5.56 Å². The van der Waals surface area contributed by atoms with Crippen molar-refractivity contribution in [3.63, 3.8) is 0 Å². The first-order chi connectivity index (χ1) is 6.27. The predicted octanol–water partition coefficient (Wildman–Crippen LogP) is -0.179. The Morgan fingerprint density at radius 2 is 1.92 bits per heavy atom. The Kier molecular flexibility index (Phi) is 1.81. The summed E-state index contributed by atoms with van der Waals surface area (Å²) in [6.45, 7) is 0.946. The van der Waals surface area contributed by atoms with Crippen LogP contribution in [0.15, 0.2) is 18.2 Å². The predicted molar refractivity (Wildman–Crippen MR) is 41.8 cm³/mol. The summed E-state index contributed by atoms with van der Waals surface area (Å²) in [5.41, 5.74) is 0.101. The Labute approximate surface area is 74.7 Å². The molecule has 0 bridgehead atoms. The third-order valence-corrected chi connectivity index (χ3v) is 1.78. The molecule has 1 aromatic carbocycles. The standard InChI is InChI=1S/C9H8O4/c10-9(11)6-1-2-7-8(5-6)13-4-3-12-7/h1-2,5H,3-4H2,(H,10,11)/p-1.